The van der Waals surface area contributed by atoms with Crippen LogP contribution in [0.1, 0.15) is 32.6 Å². The van der Waals surface area contributed by atoms with Crippen LogP contribution in [-0.4, -0.2) is 37.9 Å². The molecule has 0 amide bonds. The largest absolute Gasteiger partial charge is 0.493 e. The van der Waals surface area contributed by atoms with Gasteiger partial charge in [-0.3, -0.25) is 10.1 Å². The number of methoxy groups -OCH3 is 2. The Morgan fingerprint density at radius 2 is 1.96 bits per heavy atom. The molecule has 0 unspecified atom stereocenters. The third-order valence-corrected chi connectivity index (χ3v) is 5.47. The highest BCUT2D eigenvalue weighted by atomic mass is 16.6. The first kappa shape index (κ1) is 16.8. The lowest BCUT2D eigenvalue weighted by Crippen LogP contribution is -2.64. The minimum Gasteiger partial charge on any atom is -0.493 e. The van der Waals surface area contributed by atoms with Gasteiger partial charge in [-0.25, -0.2) is 0 Å². The van der Waals surface area contributed by atoms with Crippen molar-refractivity contribution in [1.29, 1.82) is 0 Å². The van der Waals surface area contributed by atoms with Gasteiger partial charge in [0.25, 0.3) is 5.69 Å². The van der Waals surface area contributed by atoms with Crippen LogP contribution in [0.2, 0.25) is 0 Å². The van der Waals surface area contributed by atoms with Crippen LogP contribution in [-0.2, 0) is 4.74 Å². The minimum absolute atomic E-state index is 0.00184. The Labute approximate surface area is 141 Å². The summed E-state index contributed by atoms with van der Waals surface area (Å²) >= 11 is 0. The van der Waals surface area contributed by atoms with Gasteiger partial charge in [0.2, 0.25) is 0 Å². The second-order valence-electron chi connectivity index (χ2n) is 6.44. The molecule has 2 saturated carbocycles. The molecule has 2 atom stereocenters. The van der Waals surface area contributed by atoms with Gasteiger partial charge in [-0.2, -0.15) is 0 Å². The van der Waals surface area contributed by atoms with E-state index in [9.17, 15) is 10.1 Å². The zero-order valence-electron chi connectivity index (χ0n) is 14.3. The Morgan fingerprint density at radius 3 is 2.46 bits per heavy atom. The maximum atomic E-state index is 11.4. The van der Waals surface area contributed by atoms with E-state index in [0.717, 1.165) is 19.3 Å². The Kier molecular flexibility index (Phi) is 4.54. The third kappa shape index (κ3) is 2.56. The van der Waals surface area contributed by atoms with Crippen LogP contribution in [0.4, 0.5) is 11.4 Å². The second kappa shape index (κ2) is 6.47. The number of nitro groups is 1. The second-order valence-corrected chi connectivity index (χ2v) is 6.44. The van der Waals surface area contributed by atoms with E-state index in [4.69, 9.17) is 14.2 Å². The smallest absolute Gasteiger partial charge is 0.296 e. The Morgan fingerprint density at radius 1 is 1.29 bits per heavy atom. The first-order chi connectivity index (χ1) is 11.6. The summed E-state index contributed by atoms with van der Waals surface area (Å²) in [6.45, 7) is 2.71. The minimum atomic E-state index is -0.392. The van der Waals surface area contributed by atoms with Crippen LogP contribution in [0.15, 0.2) is 12.1 Å². The van der Waals surface area contributed by atoms with Gasteiger partial charge in [0.15, 0.2) is 11.5 Å². The Hall–Kier alpha value is -2.02. The van der Waals surface area contributed by atoms with Gasteiger partial charge < -0.3 is 19.5 Å². The van der Waals surface area contributed by atoms with Gasteiger partial charge in [-0.05, 0) is 26.2 Å². The van der Waals surface area contributed by atoms with Crippen LogP contribution >= 0.6 is 0 Å². The van der Waals surface area contributed by atoms with E-state index in [0.29, 0.717) is 23.8 Å². The van der Waals surface area contributed by atoms with Gasteiger partial charge >= 0.3 is 0 Å². The number of ether oxygens (including phenoxy) is 3. The monoisotopic (exact) mass is 336 g/mol. The number of hydrogen-bond acceptors (Lipinski definition) is 6. The molecule has 132 valence electrons. The molecule has 3 rings (SSSR count). The van der Waals surface area contributed by atoms with Crippen molar-refractivity contribution in [2.24, 2.45) is 5.41 Å². The molecule has 0 bridgehead atoms. The van der Waals surface area contributed by atoms with Crippen LogP contribution in [0.3, 0.4) is 0 Å². The molecule has 1 N–H and O–H groups in total. The predicted molar refractivity (Wildman–Crippen MR) is 89.9 cm³/mol. The number of nitro benzene ring substituents is 1. The van der Waals surface area contributed by atoms with Gasteiger partial charge in [-0.15, -0.1) is 0 Å². The summed E-state index contributed by atoms with van der Waals surface area (Å²) in [5.41, 5.74) is 0.600. The van der Waals surface area contributed by atoms with Crippen molar-refractivity contribution in [2.45, 2.75) is 44.8 Å². The Balaban J connectivity index is 1.86. The summed E-state index contributed by atoms with van der Waals surface area (Å²) < 4.78 is 16.3. The van der Waals surface area contributed by atoms with Crippen LogP contribution in [0.25, 0.3) is 0 Å². The highest BCUT2D eigenvalue weighted by Gasteiger charge is 2.59. The van der Waals surface area contributed by atoms with Crippen molar-refractivity contribution in [3.05, 3.63) is 22.2 Å². The lowest BCUT2D eigenvalue weighted by atomic mass is 9.51. The van der Waals surface area contributed by atoms with E-state index < -0.39 is 4.92 Å². The molecule has 7 heteroatoms. The SMILES string of the molecule is CCO[C@@H]1C[C@@H](Nc2cc(OC)c(OC)cc2[N+](=O)[O-])C12CCC2. The fraction of sp³-hybridized carbons (Fsp3) is 0.647. The average Bonchev–Trinajstić information content (AvgIpc) is 2.51. The van der Waals surface area contributed by atoms with Crippen LogP contribution < -0.4 is 14.8 Å². The van der Waals surface area contributed by atoms with Gasteiger partial charge in [0, 0.05) is 24.1 Å². The zero-order chi connectivity index (χ0) is 17.3. The summed E-state index contributed by atoms with van der Waals surface area (Å²) in [7, 11) is 2.99. The number of anilines is 1. The molecular weight excluding hydrogens is 312 g/mol. The fourth-order valence-corrected chi connectivity index (χ4v) is 3.96. The number of nitrogens with one attached hydrogen (secondary N) is 1. The fourth-order valence-electron chi connectivity index (χ4n) is 3.96. The molecule has 1 aromatic rings. The van der Waals surface area contributed by atoms with E-state index in [1.54, 1.807) is 6.07 Å². The topological polar surface area (TPSA) is 82.9 Å². The zero-order valence-corrected chi connectivity index (χ0v) is 14.3. The number of nitrogens with zero attached hydrogens (tertiary/aromatic N) is 1. The quantitative estimate of drug-likeness (QED) is 0.607. The van der Waals surface area contributed by atoms with E-state index in [1.807, 2.05) is 6.92 Å². The van der Waals surface area contributed by atoms with Crippen molar-refractivity contribution in [3.63, 3.8) is 0 Å². The highest BCUT2D eigenvalue weighted by molar-refractivity contribution is 5.69. The van der Waals surface area contributed by atoms with Crippen molar-refractivity contribution in [3.8, 4) is 11.5 Å². The first-order valence-electron chi connectivity index (χ1n) is 8.34. The summed E-state index contributed by atoms with van der Waals surface area (Å²) in [6, 6.07) is 3.25. The lowest BCUT2D eigenvalue weighted by molar-refractivity contribution is -0.384. The molecule has 0 heterocycles. The van der Waals surface area contributed by atoms with Gasteiger partial charge in [-0.1, -0.05) is 6.42 Å². The van der Waals surface area contributed by atoms with Crippen LogP contribution in [0, 0.1) is 15.5 Å². The molecule has 1 spiro atoms. The molecular formula is C17H24N2O5. The van der Waals surface area contributed by atoms with E-state index in [-0.39, 0.29) is 23.2 Å². The average molecular weight is 336 g/mol. The lowest BCUT2D eigenvalue weighted by Gasteiger charge is -2.61. The molecule has 0 aromatic heterocycles. The molecule has 0 radical (unpaired) electrons. The molecule has 2 fully saturated rings. The van der Waals surface area contributed by atoms with Crippen molar-refractivity contribution in [2.75, 3.05) is 26.1 Å². The third-order valence-electron chi connectivity index (χ3n) is 5.47. The molecule has 1 aromatic carbocycles. The van der Waals surface area contributed by atoms with E-state index >= 15 is 0 Å². The summed E-state index contributed by atoms with van der Waals surface area (Å²) in [6.07, 6.45) is 4.54. The molecule has 2 aliphatic rings. The van der Waals surface area contributed by atoms with Crippen molar-refractivity contribution in [1.82, 2.24) is 0 Å². The molecule has 0 aliphatic heterocycles. The summed E-state index contributed by atoms with van der Waals surface area (Å²) in [5.74, 6) is 0.836. The number of hydrogen-bond donors (Lipinski definition) is 1. The van der Waals surface area contributed by atoms with Crippen molar-refractivity contribution < 1.29 is 19.1 Å². The highest BCUT2D eigenvalue weighted by Crippen LogP contribution is 2.58. The van der Waals surface area contributed by atoms with Gasteiger partial charge in [0.05, 0.1) is 31.3 Å². The summed E-state index contributed by atoms with van der Waals surface area (Å²) in [4.78, 5) is 11.0. The molecule has 24 heavy (non-hydrogen) atoms. The van der Waals surface area contributed by atoms with Gasteiger partial charge in [0.1, 0.15) is 5.69 Å². The predicted octanol–water partition coefficient (Wildman–Crippen LogP) is 3.37. The van der Waals surface area contributed by atoms with E-state index in [2.05, 4.69) is 5.32 Å². The van der Waals surface area contributed by atoms with Crippen molar-refractivity contribution >= 4 is 11.4 Å². The normalized spacial score (nSPS) is 24.0. The standard InChI is InChI=1S/C17H24N2O5/c1-4-24-16-10-15(17(16)6-5-7-17)18-11-8-13(22-2)14(23-3)9-12(11)19(20)21/h8-9,15-16,18H,4-7,10H2,1-3H3/t15-,16-/m1/s1. The maximum Gasteiger partial charge on any atom is 0.296 e. The first-order valence-corrected chi connectivity index (χ1v) is 8.34. The summed E-state index contributed by atoms with van der Waals surface area (Å²) in [5, 5.41) is 14.8. The molecule has 0 saturated heterocycles. The number of benzene rings is 1. The Bertz CT molecular complexity index is 630. The molecule has 2 aliphatic carbocycles. The molecule has 7 nitrogen and oxygen atoms in total. The number of rotatable bonds is 7. The van der Waals surface area contributed by atoms with Crippen LogP contribution in [0.5, 0.6) is 11.5 Å². The maximum absolute atomic E-state index is 11.4. The van der Waals surface area contributed by atoms with E-state index in [1.165, 1.54) is 26.7 Å².